The number of benzene rings is 1. The quantitative estimate of drug-likeness (QED) is 0.438. The number of fused-ring (bicyclic) bond motifs is 1. The molecule has 1 aromatic carbocycles. The van der Waals surface area contributed by atoms with Crippen LogP contribution in [0.5, 0.6) is 5.88 Å². The van der Waals surface area contributed by atoms with Crippen LogP contribution in [0.1, 0.15) is 69.2 Å². The molecule has 1 aliphatic rings. The third-order valence-electron chi connectivity index (χ3n) is 6.83. The van der Waals surface area contributed by atoms with Crippen LogP contribution in [0.4, 0.5) is 19.0 Å². The number of alkyl halides is 2. The molecule has 1 atom stereocenters. The van der Waals surface area contributed by atoms with Crippen LogP contribution in [0.2, 0.25) is 0 Å². The molecule has 0 saturated carbocycles. The van der Waals surface area contributed by atoms with Gasteiger partial charge in [0.25, 0.3) is 5.92 Å². The fourth-order valence-electron chi connectivity index (χ4n) is 4.79. The van der Waals surface area contributed by atoms with E-state index in [2.05, 4.69) is 39.0 Å². The summed E-state index contributed by atoms with van der Waals surface area (Å²) < 4.78 is 48.3. The van der Waals surface area contributed by atoms with Gasteiger partial charge in [-0.1, -0.05) is 18.2 Å². The molecule has 0 radical (unpaired) electrons. The summed E-state index contributed by atoms with van der Waals surface area (Å²) in [4.78, 5) is 15.7. The fraction of sp³-hybridized carbons (Fsp3) is 0.500. The lowest BCUT2D eigenvalue weighted by Crippen LogP contribution is -2.37. The molecule has 0 amide bonds. The lowest BCUT2D eigenvalue weighted by Gasteiger charge is -2.35. The Balaban J connectivity index is 1.67. The first kappa shape index (κ1) is 25.2. The Hall–Kier alpha value is -2.94. The fourth-order valence-corrected chi connectivity index (χ4v) is 4.79. The highest BCUT2D eigenvalue weighted by Gasteiger charge is 2.30. The van der Waals surface area contributed by atoms with Gasteiger partial charge in [-0.25, -0.2) is 23.1 Å². The highest BCUT2D eigenvalue weighted by molar-refractivity contribution is 5.87. The van der Waals surface area contributed by atoms with Crippen molar-refractivity contribution in [3.8, 4) is 5.88 Å². The van der Waals surface area contributed by atoms with Gasteiger partial charge in [0, 0.05) is 24.1 Å². The van der Waals surface area contributed by atoms with Crippen molar-refractivity contribution < 1.29 is 17.9 Å². The minimum absolute atomic E-state index is 0.138. The standard InChI is InChI=1S/C26H32F3N5O/c1-15(2)34-11-9-17(10-12-34)19-13-20-23(30-14-31-24(20)33-25(19)35-5)32-16(3)18-7-6-8-21(22(18)27)26(4,28)29/h6-8,13-17H,9-12H2,1-5H3,(H,30,31,32,33)/t16-/m1/s1. The largest absolute Gasteiger partial charge is 0.481 e. The average Bonchev–Trinajstić information content (AvgIpc) is 2.82. The zero-order valence-electron chi connectivity index (χ0n) is 20.8. The van der Waals surface area contributed by atoms with E-state index < -0.39 is 23.3 Å². The molecule has 1 N–H and O–H groups in total. The van der Waals surface area contributed by atoms with Crippen molar-refractivity contribution in [2.45, 2.75) is 64.5 Å². The van der Waals surface area contributed by atoms with E-state index in [1.807, 2.05) is 6.07 Å². The van der Waals surface area contributed by atoms with E-state index >= 15 is 0 Å². The van der Waals surface area contributed by atoms with Crippen LogP contribution in [0.3, 0.4) is 0 Å². The Morgan fingerprint density at radius 1 is 1.14 bits per heavy atom. The van der Waals surface area contributed by atoms with Crippen LogP contribution in [0, 0.1) is 5.82 Å². The molecule has 1 saturated heterocycles. The zero-order chi connectivity index (χ0) is 25.3. The normalized spacial score (nSPS) is 16.6. The van der Waals surface area contributed by atoms with Crippen LogP contribution in [-0.2, 0) is 5.92 Å². The Morgan fingerprint density at radius 2 is 1.86 bits per heavy atom. The maximum Gasteiger partial charge on any atom is 0.273 e. The molecule has 188 valence electrons. The van der Waals surface area contributed by atoms with E-state index in [9.17, 15) is 13.2 Å². The van der Waals surface area contributed by atoms with Crippen molar-refractivity contribution in [3.63, 3.8) is 0 Å². The summed E-state index contributed by atoms with van der Waals surface area (Å²) in [5.74, 6) is -2.91. The van der Waals surface area contributed by atoms with E-state index in [4.69, 9.17) is 4.74 Å². The Kier molecular flexibility index (Phi) is 7.17. The number of hydrogen-bond donors (Lipinski definition) is 1. The Labute approximate surface area is 203 Å². The number of nitrogens with one attached hydrogen (secondary N) is 1. The van der Waals surface area contributed by atoms with Gasteiger partial charge in [0.1, 0.15) is 18.0 Å². The smallest absolute Gasteiger partial charge is 0.273 e. The molecule has 3 aromatic rings. The maximum atomic E-state index is 14.9. The second-order valence-corrected chi connectivity index (χ2v) is 9.55. The number of hydrogen-bond acceptors (Lipinski definition) is 6. The molecule has 9 heteroatoms. The molecule has 1 aliphatic heterocycles. The topological polar surface area (TPSA) is 63.2 Å². The summed E-state index contributed by atoms with van der Waals surface area (Å²) in [6, 6.07) is 5.94. The first-order valence-corrected chi connectivity index (χ1v) is 12.0. The van der Waals surface area contributed by atoms with Crippen molar-refractivity contribution in [2.24, 2.45) is 0 Å². The molecule has 0 spiro atoms. The van der Waals surface area contributed by atoms with Crippen molar-refractivity contribution in [2.75, 3.05) is 25.5 Å². The van der Waals surface area contributed by atoms with Crippen LogP contribution in [0.15, 0.2) is 30.6 Å². The molecular weight excluding hydrogens is 455 g/mol. The number of halogens is 3. The molecule has 0 bridgehead atoms. The number of piperidine rings is 1. The number of ether oxygens (including phenoxy) is 1. The molecule has 6 nitrogen and oxygen atoms in total. The molecule has 0 unspecified atom stereocenters. The molecular formula is C26H32F3N5O. The summed E-state index contributed by atoms with van der Waals surface area (Å²) in [5.41, 5.74) is 0.952. The van der Waals surface area contributed by atoms with Gasteiger partial charge in [-0.2, -0.15) is 4.98 Å². The number of likely N-dealkylation sites (tertiary alicyclic amines) is 1. The van der Waals surface area contributed by atoms with Crippen LogP contribution in [0.25, 0.3) is 11.0 Å². The molecule has 2 aromatic heterocycles. The third kappa shape index (κ3) is 5.19. The number of nitrogens with zero attached hydrogens (tertiary/aromatic N) is 4. The SMILES string of the molecule is COc1nc2ncnc(N[C@H](C)c3cccc(C(C)(F)F)c3F)c2cc1C1CCN(C(C)C)CC1. The van der Waals surface area contributed by atoms with Crippen LogP contribution < -0.4 is 10.1 Å². The molecule has 0 aliphatic carbocycles. The minimum atomic E-state index is -3.28. The third-order valence-corrected chi connectivity index (χ3v) is 6.83. The second-order valence-electron chi connectivity index (χ2n) is 9.55. The number of aromatic nitrogens is 3. The van der Waals surface area contributed by atoms with Gasteiger partial charge in [-0.15, -0.1) is 0 Å². The van der Waals surface area contributed by atoms with E-state index in [0.717, 1.165) is 37.6 Å². The van der Waals surface area contributed by atoms with E-state index in [-0.39, 0.29) is 11.5 Å². The summed E-state index contributed by atoms with van der Waals surface area (Å²) in [6.45, 7) is 8.80. The number of rotatable bonds is 7. The Bertz CT molecular complexity index is 1190. The van der Waals surface area contributed by atoms with Gasteiger partial charge in [-0.05, 0) is 58.7 Å². The minimum Gasteiger partial charge on any atom is -0.481 e. The second kappa shape index (κ2) is 9.97. The van der Waals surface area contributed by atoms with E-state index in [1.165, 1.54) is 18.5 Å². The van der Waals surface area contributed by atoms with E-state index in [0.29, 0.717) is 35.7 Å². The van der Waals surface area contributed by atoms with Crippen molar-refractivity contribution in [3.05, 3.63) is 53.1 Å². The number of pyridine rings is 1. The van der Waals surface area contributed by atoms with Gasteiger partial charge >= 0.3 is 0 Å². The van der Waals surface area contributed by atoms with Crippen LogP contribution >= 0.6 is 0 Å². The first-order valence-electron chi connectivity index (χ1n) is 12.0. The first-order chi connectivity index (χ1) is 16.6. The van der Waals surface area contributed by atoms with Crippen molar-refractivity contribution in [1.29, 1.82) is 0 Å². The Morgan fingerprint density at radius 3 is 2.49 bits per heavy atom. The average molecular weight is 488 g/mol. The molecule has 3 heterocycles. The molecule has 35 heavy (non-hydrogen) atoms. The van der Waals surface area contributed by atoms with Crippen LogP contribution in [-0.4, -0.2) is 46.1 Å². The maximum absolute atomic E-state index is 14.9. The monoisotopic (exact) mass is 487 g/mol. The highest BCUT2D eigenvalue weighted by Crippen LogP contribution is 2.37. The predicted molar refractivity (Wildman–Crippen MR) is 131 cm³/mol. The molecule has 4 rings (SSSR count). The van der Waals surface area contributed by atoms with Crippen molar-refractivity contribution in [1.82, 2.24) is 19.9 Å². The highest BCUT2D eigenvalue weighted by atomic mass is 19.3. The summed E-state index contributed by atoms with van der Waals surface area (Å²) in [5, 5.41) is 3.86. The van der Waals surface area contributed by atoms with Gasteiger partial charge in [0.15, 0.2) is 5.65 Å². The van der Waals surface area contributed by atoms with E-state index in [1.54, 1.807) is 14.0 Å². The zero-order valence-corrected chi connectivity index (χ0v) is 20.8. The summed E-state index contributed by atoms with van der Waals surface area (Å²) in [6.07, 6.45) is 3.34. The summed E-state index contributed by atoms with van der Waals surface area (Å²) >= 11 is 0. The van der Waals surface area contributed by atoms with Gasteiger partial charge < -0.3 is 15.0 Å². The van der Waals surface area contributed by atoms with Gasteiger partial charge in [-0.3, -0.25) is 0 Å². The lowest BCUT2D eigenvalue weighted by atomic mass is 9.89. The van der Waals surface area contributed by atoms with Crippen molar-refractivity contribution >= 4 is 16.9 Å². The van der Waals surface area contributed by atoms with Gasteiger partial charge in [0.2, 0.25) is 5.88 Å². The van der Waals surface area contributed by atoms with Gasteiger partial charge in [0.05, 0.1) is 24.1 Å². The lowest BCUT2D eigenvalue weighted by molar-refractivity contribution is 0.0136. The number of methoxy groups -OCH3 is 1. The molecule has 1 fully saturated rings. The predicted octanol–water partition coefficient (Wildman–Crippen LogP) is 6.05. The number of anilines is 1. The summed E-state index contributed by atoms with van der Waals surface area (Å²) in [7, 11) is 1.60.